The van der Waals surface area contributed by atoms with Crippen LogP contribution in [0.5, 0.6) is 5.75 Å². The van der Waals surface area contributed by atoms with E-state index >= 15 is 4.39 Å². The molecule has 174 valence electrons. The van der Waals surface area contributed by atoms with Gasteiger partial charge >= 0.3 is 0 Å². The first-order valence-electron chi connectivity index (χ1n) is 10.7. The Morgan fingerprint density at radius 3 is 2.64 bits per heavy atom. The lowest BCUT2D eigenvalue weighted by atomic mass is 10.0. The van der Waals surface area contributed by atoms with Crippen molar-refractivity contribution in [3.8, 4) is 17.0 Å². The molecule has 1 saturated heterocycles. The lowest BCUT2D eigenvalue weighted by molar-refractivity contribution is 0.0860. The summed E-state index contributed by atoms with van der Waals surface area (Å²) in [5.41, 5.74) is 0.298. The van der Waals surface area contributed by atoms with Crippen LogP contribution in [0.25, 0.3) is 22.2 Å². The number of sulfone groups is 1. The summed E-state index contributed by atoms with van der Waals surface area (Å²) in [7, 11) is -3.17. The number of fused-ring (bicyclic) bond motifs is 1. The fourth-order valence-corrected chi connectivity index (χ4v) is 6.41. The van der Waals surface area contributed by atoms with E-state index in [1.54, 1.807) is 41.9 Å². The van der Waals surface area contributed by atoms with E-state index in [-0.39, 0.29) is 28.6 Å². The molecular weight excluding hydrogens is 452 g/mol. The van der Waals surface area contributed by atoms with Crippen molar-refractivity contribution in [2.75, 3.05) is 11.5 Å². The third kappa shape index (κ3) is 4.07. The Bertz CT molecular complexity index is 1370. The fourth-order valence-electron chi connectivity index (χ4n) is 4.41. The average molecular weight is 476 g/mol. The molecule has 7 nitrogen and oxygen atoms in total. The van der Waals surface area contributed by atoms with Gasteiger partial charge in [0.05, 0.1) is 28.6 Å². The number of carbonyl (C=O) groups excluding carboxylic acids is 1. The highest BCUT2D eigenvalue weighted by molar-refractivity contribution is 7.93. The van der Waals surface area contributed by atoms with Crippen LogP contribution in [0.3, 0.4) is 0 Å². The number of ether oxygens (including phenoxy) is 1. The number of alkyl halides is 1. The van der Waals surface area contributed by atoms with Crippen molar-refractivity contribution in [1.82, 2.24) is 15.1 Å². The highest BCUT2D eigenvalue weighted by Crippen LogP contribution is 2.41. The number of nitrogens with one attached hydrogen (secondary N) is 1. The maximum Gasteiger partial charge on any atom is 0.254 e. The zero-order valence-electron chi connectivity index (χ0n) is 18.1. The number of rotatable bonds is 6. The van der Waals surface area contributed by atoms with Crippen molar-refractivity contribution in [3.05, 3.63) is 47.8 Å². The van der Waals surface area contributed by atoms with Crippen LogP contribution in [-0.4, -0.2) is 47.5 Å². The van der Waals surface area contributed by atoms with Gasteiger partial charge in [-0.3, -0.25) is 9.48 Å². The third-order valence-corrected chi connectivity index (χ3v) is 8.00. The van der Waals surface area contributed by atoms with Crippen LogP contribution in [0.2, 0.25) is 0 Å². The smallest absolute Gasteiger partial charge is 0.254 e. The second-order valence-electron chi connectivity index (χ2n) is 9.08. The van der Waals surface area contributed by atoms with Crippen LogP contribution in [0.4, 0.5) is 8.78 Å². The van der Waals surface area contributed by atoms with Crippen molar-refractivity contribution >= 4 is 26.6 Å². The van der Waals surface area contributed by atoms with E-state index in [1.165, 1.54) is 13.0 Å². The van der Waals surface area contributed by atoms with E-state index in [2.05, 4.69) is 10.4 Å². The monoisotopic (exact) mass is 475 g/mol. The maximum absolute atomic E-state index is 15.7. The Labute approximate surface area is 189 Å². The minimum Gasteiger partial charge on any atom is -0.461 e. The summed E-state index contributed by atoms with van der Waals surface area (Å²) in [6.45, 7) is 2.91. The molecule has 2 aromatic carbocycles. The molecule has 33 heavy (non-hydrogen) atoms. The van der Waals surface area contributed by atoms with Gasteiger partial charge in [0.25, 0.3) is 5.91 Å². The van der Waals surface area contributed by atoms with E-state index in [9.17, 15) is 17.6 Å². The van der Waals surface area contributed by atoms with Gasteiger partial charge in [0.1, 0.15) is 17.0 Å². The van der Waals surface area contributed by atoms with E-state index < -0.39 is 33.5 Å². The number of benzene rings is 2. The highest BCUT2D eigenvalue weighted by Gasteiger charge is 2.46. The predicted molar refractivity (Wildman–Crippen MR) is 119 cm³/mol. The molecule has 2 aliphatic rings. The van der Waals surface area contributed by atoms with Gasteiger partial charge in [0.15, 0.2) is 15.7 Å². The molecule has 1 aromatic heterocycles. The van der Waals surface area contributed by atoms with Crippen LogP contribution >= 0.6 is 0 Å². The Hall–Kier alpha value is -3.01. The first-order valence-corrected chi connectivity index (χ1v) is 12.5. The van der Waals surface area contributed by atoms with Gasteiger partial charge in [-0.15, -0.1) is 0 Å². The molecule has 5 rings (SSSR count). The largest absolute Gasteiger partial charge is 0.461 e. The summed E-state index contributed by atoms with van der Waals surface area (Å²) >= 11 is 0. The van der Waals surface area contributed by atoms with Crippen molar-refractivity contribution in [2.24, 2.45) is 0 Å². The lowest BCUT2D eigenvalue weighted by Crippen LogP contribution is -2.63. The Morgan fingerprint density at radius 1 is 1.27 bits per heavy atom. The van der Waals surface area contributed by atoms with Crippen molar-refractivity contribution in [2.45, 2.75) is 44.6 Å². The standard InChI is InChI=1S/C23H23F2N3O4S/c1-13(24)32-16-5-3-4-14(10-16)20-18-9-8-17(19(25)21(18)28(27-20)15-6-7-15)22(29)26-23(2)11-33(30,31)12-23/h3-5,8-10,13,15H,6-7,11-12H2,1-2H3,(H,26,29). The van der Waals surface area contributed by atoms with Crippen LogP contribution in [0, 0.1) is 5.82 Å². The predicted octanol–water partition coefficient (Wildman–Crippen LogP) is 3.79. The van der Waals surface area contributed by atoms with Crippen LogP contribution in [0.1, 0.15) is 43.1 Å². The third-order valence-electron chi connectivity index (χ3n) is 5.84. The normalized spacial score (nSPS) is 19.6. The molecule has 2 heterocycles. The molecule has 0 bridgehead atoms. The topological polar surface area (TPSA) is 90.3 Å². The van der Waals surface area contributed by atoms with Gasteiger partial charge < -0.3 is 10.1 Å². The van der Waals surface area contributed by atoms with Gasteiger partial charge in [-0.2, -0.15) is 5.10 Å². The molecule has 10 heteroatoms. The maximum atomic E-state index is 15.7. The summed E-state index contributed by atoms with van der Waals surface area (Å²) in [5.74, 6) is -1.38. The molecule has 3 aromatic rings. The number of halogens is 2. The van der Waals surface area contributed by atoms with Crippen molar-refractivity contribution < 1.29 is 26.7 Å². The zero-order chi connectivity index (χ0) is 23.5. The van der Waals surface area contributed by atoms with E-state index in [0.29, 0.717) is 22.4 Å². The molecule has 2 fully saturated rings. The van der Waals surface area contributed by atoms with Gasteiger partial charge in [-0.25, -0.2) is 17.2 Å². The molecule has 1 unspecified atom stereocenters. The van der Waals surface area contributed by atoms with E-state index in [1.807, 2.05) is 0 Å². The number of carbonyl (C=O) groups is 1. The lowest BCUT2D eigenvalue weighted by Gasteiger charge is -2.38. The number of amides is 1. The van der Waals surface area contributed by atoms with Crippen LogP contribution in [0.15, 0.2) is 36.4 Å². The molecule has 0 radical (unpaired) electrons. The summed E-state index contributed by atoms with van der Waals surface area (Å²) in [5, 5.41) is 7.83. The van der Waals surface area contributed by atoms with Gasteiger partial charge in [-0.1, -0.05) is 12.1 Å². The fraction of sp³-hybridized carbons (Fsp3) is 0.391. The van der Waals surface area contributed by atoms with Crippen LogP contribution in [-0.2, 0) is 9.84 Å². The van der Waals surface area contributed by atoms with Crippen LogP contribution < -0.4 is 10.1 Å². The minimum absolute atomic E-state index is 0.0358. The molecule has 1 aliphatic carbocycles. The summed E-state index contributed by atoms with van der Waals surface area (Å²) in [6.07, 6.45) is 0.224. The Morgan fingerprint density at radius 2 is 2.00 bits per heavy atom. The number of hydrogen-bond acceptors (Lipinski definition) is 5. The average Bonchev–Trinajstić information content (AvgIpc) is 3.46. The second-order valence-corrected chi connectivity index (χ2v) is 11.1. The first kappa shape index (κ1) is 21.8. The first-order chi connectivity index (χ1) is 15.6. The second kappa shape index (κ2) is 7.51. The quantitative estimate of drug-likeness (QED) is 0.586. The molecule has 1 saturated carbocycles. The Kier molecular flexibility index (Phi) is 4.97. The van der Waals surface area contributed by atoms with E-state index in [0.717, 1.165) is 12.8 Å². The molecule has 1 aliphatic heterocycles. The molecular formula is C23H23F2N3O4S. The zero-order valence-corrected chi connectivity index (χ0v) is 19.0. The van der Waals surface area contributed by atoms with E-state index in [4.69, 9.17) is 4.74 Å². The Balaban J connectivity index is 1.55. The molecule has 1 N–H and O–H groups in total. The van der Waals surface area contributed by atoms with Gasteiger partial charge in [0.2, 0.25) is 6.36 Å². The van der Waals surface area contributed by atoms with Gasteiger partial charge in [-0.05, 0) is 44.0 Å². The summed E-state index contributed by atoms with van der Waals surface area (Å²) < 4.78 is 58.8. The SMILES string of the molecule is CC(F)Oc1cccc(-c2nn(C3CC3)c3c(F)c(C(=O)NC4(C)CS(=O)(=O)C4)ccc23)c1. The molecule has 1 amide bonds. The molecule has 0 spiro atoms. The summed E-state index contributed by atoms with van der Waals surface area (Å²) in [4.78, 5) is 12.8. The number of aromatic nitrogens is 2. The number of hydrogen-bond donors (Lipinski definition) is 1. The van der Waals surface area contributed by atoms with Gasteiger partial charge in [0, 0.05) is 17.9 Å². The van der Waals surface area contributed by atoms with Crippen molar-refractivity contribution in [3.63, 3.8) is 0 Å². The molecule has 1 atom stereocenters. The highest BCUT2D eigenvalue weighted by atomic mass is 32.2. The summed E-state index contributed by atoms with van der Waals surface area (Å²) in [6, 6.07) is 9.82. The van der Waals surface area contributed by atoms with Crippen molar-refractivity contribution in [1.29, 1.82) is 0 Å². The number of nitrogens with zero attached hydrogens (tertiary/aromatic N) is 2. The minimum atomic E-state index is -3.17.